The highest BCUT2D eigenvalue weighted by molar-refractivity contribution is 5.99. The molecule has 2 amide bonds. The fraction of sp³-hybridized carbons (Fsp3) is 0.412. The molecule has 0 aliphatic carbocycles. The third-order valence-electron chi connectivity index (χ3n) is 4.03. The number of anilines is 1. The number of fused-ring (bicyclic) bond motifs is 1. The normalized spacial score (nSPS) is 21.5. The topological polar surface area (TPSA) is 63.2 Å². The fourth-order valence-electron chi connectivity index (χ4n) is 2.89. The zero-order valence-electron chi connectivity index (χ0n) is 12.7. The van der Waals surface area contributed by atoms with Gasteiger partial charge in [0.25, 0.3) is 0 Å². The third-order valence-corrected chi connectivity index (χ3v) is 4.03. The third kappa shape index (κ3) is 3.54. The van der Waals surface area contributed by atoms with E-state index in [2.05, 4.69) is 22.5 Å². The first-order chi connectivity index (χ1) is 10.7. The monoisotopic (exact) mass is 299 g/mol. The summed E-state index contributed by atoms with van der Waals surface area (Å²) in [5.74, 6) is 0.486. The number of rotatable bonds is 3. The zero-order chi connectivity index (χ0) is 15.4. The summed E-state index contributed by atoms with van der Waals surface area (Å²) in [5, 5.41) is 6.86. The first-order valence-electron chi connectivity index (χ1n) is 7.72. The van der Waals surface area contributed by atoms with E-state index in [-0.39, 0.29) is 12.1 Å². The molecular formula is C17H21N3O2. The van der Waals surface area contributed by atoms with Crippen LogP contribution in [0.25, 0.3) is 10.9 Å². The maximum absolute atomic E-state index is 12.1. The Morgan fingerprint density at radius 1 is 1.36 bits per heavy atom. The van der Waals surface area contributed by atoms with Crippen LogP contribution in [0, 0.1) is 5.92 Å². The lowest BCUT2D eigenvalue weighted by Gasteiger charge is -2.27. The predicted molar refractivity (Wildman–Crippen MR) is 86.9 cm³/mol. The second kappa shape index (κ2) is 6.75. The Balaban J connectivity index is 1.59. The molecule has 0 bridgehead atoms. The van der Waals surface area contributed by atoms with Crippen LogP contribution in [0.1, 0.15) is 19.8 Å². The molecule has 0 spiro atoms. The first-order valence-corrected chi connectivity index (χ1v) is 7.72. The summed E-state index contributed by atoms with van der Waals surface area (Å²) in [6.07, 6.45) is 4.01. The molecule has 1 saturated heterocycles. The number of pyridine rings is 1. The molecule has 2 N–H and O–H groups in total. The van der Waals surface area contributed by atoms with Gasteiger partial charge in [-0.15, -0.1) is 0 Å². The molecule has 5 nitrogen and oxygen atoms in total. The molecule has 2 atom stereocenters. The van der Waals surface area contributed by atoms with Crippen molar-refractivity contribution in [3.05, 3.63) is 36.5 Å². The van der Waals surface area contributed by atoms with Crippen LogP contribution in [0.2, 0.25) is 0 Å². The average molecular weight is 299 g/mol. The van der Waals surface area contributed by atoms with E-state index in [4.69, 9.17) is 4.74 Å². The van der Waals surface area contributed by atoms with Gasteiger partial charge in [0.15, 0.2) is 0 Å². The Hall–Kier alpha value is -2.14. The van der Waals surface area contributed by atoms with Crippen LogP contribution in [-0.2, 0) is 4.74 Å². The largest absolute Gasteiger partial charge is 0.378 e. The smallest absolute Gasteiger partial charge is 0.319 e. The predicted octanol–water partition coefficient (Wildman–Crippen LogP) is 3.17. The van der Waals surface area contributed by atoms with Crippen molar-refractivity contribution < 1.29 is 9.53 Å². The Bertz CT molecular complexity index is 654. The number of para-hydroxylation sites is 1. The highest BCUT2D eigenvalue weighted by atomic mass is 16.5. The molecule has 5 heteroatoms. The van der Waals surface area contributed by atoms with Crippen LogP contribution < -0.4 is 10.6 Å². The molecule has 3 rings (SSSR count). The number of benzene rings is 1. The second-order valence-corrected chi connectivity index (χ2v) is 5.79. The molecule has 1 aliphatic heterocycles. The number of hydrogen-bond donors (Lipinski definition) is 2. The van der Waals surface area contributed by atoms with Gasteiger partial charge in [0.2, 0.25) is 0 Å². The summed E-state index contributed by atoms with van der Waals surface area (Å²) in [6, 6.07) is 9.45. The van der Waals surface area contributed by atoms with Crippen molar-refractivity contribution >= 4 is 22.6 Å². The van der Waals surface area contributed by atoms with Crippen molar-refractivity contribution in [1.29, 1.82) is 0 Å². The number of aromatic nitrogens is 1. The zero-order valence-corrected chi connectivity index (χ0v) is 12.7. The van der Waals surface area contributed by atoms with Gasteiger partial charge < -0.3 is 15.4 Å². The standard InChI is InChI=1S/C17H21N3O2/c1-12-10-13(7-9-22-12)11-19-17(21)20-15-6-2-4-14-5-3-8-18-16(14)15/h2-6,8,12-13H,7,9-11H2,1H3,(H2,19,20,21)/t12-,13+/m1/s1. The van der Waals surface area contributed by atoms with Gasteiger partial charge in [0, 0.05) is 24.7 Å². The summed E-state index contributed by atoms with van der Waals surface area (Å²) in [5.41, 5.74) is 1.54. The molecule has 1 aromatic carbocycles. The highest BCUT2D eigenvalue weighted by Crippen LogP contribution is 2.21. The van der Waals surface area contributed by atoms with Crippen LogP contribution in [0.4, 0.5) is 10.5 Å². The molecule has 2 heterocycles. The second-order valence-electron chi connectivity index (χ2n) is 5.79. The molecular weight excluding hydrogens is 278 g/mol. The maximum atomic E-state index is 12.1. The summed E-state index contributed by atoms with van der Waals surface area (Å²) < 4.78 is 5.52. The minimum atomic E-state index is -0.183. The number of hydrogen-bond acceptors (Lipinski definition) is 3. The van der Waals surface area contributed by atoms with Gasteiger partial charge in [0.05, 0.1) is 17.3 Å². The van der Waals surface area contributed by atoms with Crippen molar-refractivity contribution in [1.82, 2.24) is 10.3 Å². The van der Waals surface area contributed by atoms with Gasteiger partial charge >= 0.3 is 6.03 Å². The van der Waals surface area contributed by atoms with E-state index in [9.17, 15) is 4.79 Å². The summed E-state index contributed by atoms with van der Waals surface area (Å²) in [6.45, 7) is 3.54. The van der Waals surface area contributed by atoms with E-state index < -0.39 is 0 Å². The van der Waals surface area contributed by atoms with Gasteiger partial charge in [-0.1, -0.05) is 18.2 Å². The average Bonchev–Trinajstić information content (AvgIpc) is 2.53. The van der Waals surface area contributed by atoms with Crippen LogP contribution in [0.15, 0.2) is 36.5 Å². The van der Waals surface area contributed by atoms with Crippen molar-refractivity contribution in [3.63, 3.8) is 0 Å². The minimum absolute atomic E-state index is 0.183. The lowest BCUT2D eigenvalue weighted by Crippen LogP contribution is -2.36. The number of urea groups is 1. The molecule has 1 aromatic heterocycles. The molecule has 116 valence electrons. The van der Waals surface area contributed by atoms with Crippen molar-refractivity contribution in [2.24, 2.45) is 5.92 Å². The van der Waals surface area contributed by atoms with E-state index in [1.165, 1.54) is 0 Å². The summed E-state index contributed by atoms with van der Waals surface area (Å²) in [4.78, 5) is 16.4. The minimum Gasteiger partial charge on any atom is -0.378 e. The van der Waals surface area contributed by atoms with Gasteiger partial charge in [-0.2, -0.15) is 0 Å². The van der Waals surface area contributed by atoms with Crippen LogP contribution in [-0.4, -0.2) is 30.3 Å². The quantitative estimate of drug-likeness (QED) is 0.915. The molecule has 22 heavy (non-hydrogen) atoms. The summed E-state index contributed by atoms with van der Waals surface area (Å²) >= 11 is 0. The van der Waals surface area contributed by atoms with Crippen LogP contribution in [0.3, 0.4) is 0 Å². The van der Waals surface area contributed by atoms with E-state index in [0.29, 0.717) is 12.5 Å². The van der Waals surface area contributed by atoms with Crippen LogP contribution >= 0.6 is 0 Å². The SMILES string of the molecule is C[C@@H]1C[C@@H](CNC(=O)Nc2cccc3cccnc23)CCO1. The molecule has 0 saturated carbocycles. The Labute approximate surface area is 130 Å². The van der Waals surface area contributed by atoms with Gasteiger partial charge in [-0.05, 0) is 37.8 Å². The Morgan fingerprint density at radius 2 is 2.23 bits per heavy atom. The summed E-state index contributed by atoms with van der Waals surface area (Å²) in [7, 11) is 0. The molecule has 1 fully saturated rings. The van der Waals surface area contributed by atoms with Gasteiger partial charge in [0.1, 0.15) is 0 Å². The molecule has 1 aliphatic rings. The lowest BCUT2D eigenvalue weighted by atomic mass is 9.96. The number of amides is 2. The van der Waals surface area contributed by atoms with E-state index in [1.807, 2.05) is 30.3 Å². The Morgan fingerprint density at radius 3 is 3.09 bits per heavy atom. The number of carbonyl (C=O) groups excluding carboxylic acids is 1. The fourth-order valence-corrected chi connectivity index (χ4v) is 2.89. The lowest BCUT2D eigenvalue weighted by molar-refractivity contribution is 0.00354. The van der Waals surface area contributed by atoms with E-state index in [1.54, 1.807) is 6.20 Å². The van der Waals surface area contributed by atoms with Gasteiger partial charge in [-0.25, -0.2) is 4.79 Å². The van der Waals surface area contributed by atoms with Crippen molar-refractivity contribution in [2.45, 2.75) is 25.9 Å². The Kier molecular flexibility index (Phi) is 4.53. The van der Waals surface area contributed by atoms with Crippen molar-refractivity contribution in [2.75, 3.05) is 18.5 Å². The maximum Gasteiger partial charge on any atom is 0.319 e. The number of nitrogens with zero attached hydrogens (tertiary/aromatic N) is 1. The van der Waals surface area contributed by atoms with Gasteiger partial charge in [-0.3, -0.25) is 4.98 Å². The molecule has 0 radical (unpaired) electrons. The number of carbonyl (C=O) groups is 1. The highest BCUT2D eigenvalue weighted by Gasteiger charge is 2.19. The molecule has 2 aromatic rings. The van der Waals surface area contributed by atoms with E-state index >= 15 is 0 Å². The molecule has 0 unspecified atom stereocenters. The first kappa shape index (κ1) is 14.8. The number of nitrogens with one attached hydrogen (secondary N) is 2. The van der Waals surface area contributed by atoms with Crippen molar-refractivity contribution in [3.8, 4) is 0 Å². The van der Waals surface area contributed by atoms with E-state index in [0.717, 1.165) is 36.0 Å². The number of ether oxygens (including phenoxy) is 1. The van der Waals surface area contributed by atoms with Crippen LogP contribution in [0.5, 0.6) is 0 Å².